The summed E-state index contributed by atoms with van der Waals surface area (Å²) in [5.41, 5.74) is 1.76. The van der Waals surface area contributed by atoms with Crippen molar-refractivity contribution < 1.29 is 9.53 Å². The number of hydrogen-bond donors (Lipinski definition) is 1. The van der Waals surface area contributed by atoms with E-state index >= 15 is 0 Å². The van der Waals surface area contributed by atoms with E-state index in [1.165, 1.54) is 4.70 Å². The third-order valence-electron chi connectivity index (χ3n) is 4.77. The van der Waals surface area contributed by atoms with Gasteiger partial charge in [-0.15, -0.1) is 11.3 Å². The number of hydrogen-bond acceptors (Lipinski definition) is 5. The highest BCUT2D eigenvalue weighted by Crippen LogP contribution is 2.36. The fourth-order valence-electron chi connectivity index (χ4n) is 3.55. The van der Waals surface area contributed by atoms with Crippen LogP contribution in [0.4, 0.5) is 5.69 Å². The Balaban J connectivity index is 1.46. The van der Waals surface area contributed by atoms with Crippen LogP contribution in [-0.4, -0.2) is 35.5 Å². The number of thiazole rings is 1. The lowest BCUT2D eigenvalue weighted by atomic mass is 10.2. The number of carbonyl (C=O) groups excluding carboxylic acids is 1. The van der Waals surface area contributed by atoms with Gasteiger partial charge in [0.15, 0.2) is 0 Å². The van der Waals surface area contributed by atoms with Crippen LogP contribution in [0.25, 0.3) is 10.2 Å². The predicted octanol–water partition coefficient (Wildman–Crippen LogP) is 4.47. The summed E-state index contributed by atoms with van der Waals surface area (Å²) in [6.45, 7) is 3.78. The molecule has 1 amide bonds. The Morgan fingerprint density at radius 1 is 1.26 bits per heavy atom. The van der Waals surface area contributed by atoms with Crippen molar-refractivity contribution in [2.75, 3.05) is 25.0 Å². The zero-order valence-corrected chi connectivity index (χ0v) is 16.2. The molecule has 1 N–H and O–H groups in total. The van der Waals surface area contributed by atoms with Gasteiger partial charge in [-0.1, -0.05) is 24.3 Å². The minimum Gasteiger partial charge on any atom is -0.492 e. The molecular formula is C21H23N3O2S. The number of para-hydroxylation sites is 3. The molecule has 0 radical (unpaired) electrons. The largest absolute Gasteiger partial charge is 0.492 e. The SMILES string of the molecule is CCOc1ccccc1NC(=O)CN1CCC[C@H]1c1nc2ccccc2s1. The minimum atomic E-state index is -0.0184. The summed E-state index contributed by atoms with van der Waals surface area (Å²) in [7, 11) is 0. The maximum Gasteiger partial charge on any atom is 0.238 e. The lowest BCUT2D eigenvalue weighted by Crippen LogP contribution is -2.33. The summed E-state index contributed by atoms with van der Waals surface area (Å²) in [6, 6.07) is 16.0. The van der Waals surface area contributed by atoms with Gasteiger partial charge in [-0.2, -0.15) is 0 Å². The highest BCUT2D eigenvalue weighted by Gasteiger charge is 2.30. The summed E-state index contributed by atoms with van der Waals surface area (Å²) >= 11 is 1.73. The quantitative estimate of drug-likeness (QED) is 0.684. The van der Waals surface area contributed by atoms with Crippen molar-refractivity contribution in [2.24, 2.45) is 0 Å². The second-order valence-corrected chi connectivity index (χ2v) is 7.69. The molecule has 1 aliphatic heterocycles. The molecule has 140 valence electrons. The van der Waals surface area contributed by atoms with Crippen molar-refractivity contribution in [1.29, 1.82) is 0 Å². The molecule has 3 aromatic rings. The van der Waals surface area contributed by atoms with Crippen molar-refractivity contribution in [2.45, 2.75) is 25.8 Å². The highest BCUT2D eigenvalue weighted by atomic mass is 32.1. The number of benzene rings is 2. The van der Waals surface area contributed by atoms with Gasteiger partial charge in [0.05, 0.1) is 35.1 Å². The van der Waals surface area contributed by atoms with Crippen LogP contribution in [0.1, 0.15) is 30.8 Å². The van der Waals surface area contributed by atoms with Crippen molar-refractivity contribution in [3.8, 4) is 5.75 Å². The molecule has 0 unspecified atom stereocenters. The summed E-state index contributed by atoms with van der Waals surface area (Å²) in [5.74, 6) is 0.688. The molecule has 2 heterocycles. The van der Waals surface area contributed by atoms with Crippen molar-refractivity contribution in [3.05, 3.63) is 53.5 Å². The first-order chi connectivity index (χ1) is 13.2. The van der Waals surface area contributed by atoms with Gasteiger partial charge in [0.1, 0.15) is 10.8 Å². The second-order valence-electron chi connectivity index (χ2n) is 6.63. The number of nitrogens with zero attached hydrogens (tertiary/aromatic N) is 2. The average Bonchev–Trinajstić information content (AvgIpc) is 3.29. The summed E-state index contributed by atoms with van der Waals surface area (Å²) < 4.78 is 6.80. The molecular weight excluding hydrogens is 358 g/mol. The Kier molecular flexibility index (Phi) is 5.36. The molecule has 1 aliphatic rings. The number of amides is 1. The van der Waals surface area contributed by atoms with E-state index in [1.807, 2.05) is 49.4 Å². The van der Waals surface area contributed by atoms with E-state index < -0.39 is 0 Å². The fraction of sp³-hybridized carbons (Fsp3) is 0.333. The number of likely N-dealkylation sites (tertiary alicyclic amines) is 1. The third kappa shape index (κ3) is 3.96. The molecule has 27 heavy (non-hydrogen) atoms. The van der Waals surface area contributed by atoms with Crippen LogP contribution in [0, 0.1) is 0 Å². The maximum absolute atomic E-state index is 12.6. The Hall–Kier alpha value is -2.44. The summed E-state index contributed by atoms with van der Waals surface area (Å²) in [6.07, 6.45) is 2.13. The predicted molar refractivity (Wildman–Crippen MR) is 109 cm³/mol. The molecule has 1 saturated heterocycles. The van der Waals surface area contributed by atoms with Gasteiger partial charge in [0, 0.05) is 0 Å². The number of carbonyl (C=O) groups is 1. The van der Waals surface area contributed by atoms with E-state index in [0.29, 0.717) is 18.9 Å². The van der Waals surface area contributed by atoms with Gasteiger partial charge in [-0.25, -0.2) is 4.98 Å². The van der Waals surface area contributed by atoms with E-state index in [9.17, 15) is 4.79 Å². The Labute approximate surface area is 163 Å². The van der Waals surface area contributed by atoms with Crippen LogP contribution < -0.4 is 10.1 Å². The minimum absolute atomic E-state index is 0.0184. The number of anilines is 1. The smallest absolute Gasteiger partial charge is 0.238 e. The van der Waals surface area contributed by atoms with Gasteiger partial charge in [0.25, 0.3) is 0 Å². The van der Waals surface area contributed by atoms with Crippen LogP contribution in [0.15, 0.2) is 48.5 Å². The van der Waals surface area contributed by atoms with Gasteiger partial charge < -0.3 is 10.1 Å². The fourth-order valence-corrected chi connectivity index (χ4v) is 4.69. The summed E-state index contributed by atoms with van der Waals surface area (Å²) in [4.78, 5) is 19.7. The van der Waals surface area contributed by atoms with Gasteiger partial charge in [0.2, 0.25) is 5.91 Å². The van der Waals surface area contributed by atoms with E-state index in [2.05, 4.69) is 16.3 Å². The van der Waals surface area contributed by atoms with Gasteiger partial charge >= 0.3 is 0 Å². The number of fused-ring (bicyclic) bond motifs is 1. The third-order valence-corrected chi connectivity index (χ3v) is 5.90. The summed E-state index contributed by atoms with van der Waals surface area (Å²) in [5, 5.41) is 4.11. The normalized spacial score (nSPS) is 17.3. The molecule has 0 spiro atoms. The van der Waals surface area contributed by atoms with Crippen LogP contribution in [-0.2, 0) is 4.79 Å². The van der Waals surface area contributed by atoms with Crippen LogP contribution in [0.2, 0.25) is 0 Å². The molecule has 4 rings (SSSR count). The standard InChI is InChI=1S/C21H23N3O2S/c1-2-26-18-11-5-3-8-15(18)22-20(25)14-24-13-7-10-17(24)21-23-16-9-4-6-12-19(16)27-21/h3-6,8-9,11-12,17H,2,7,10,13-14H2,1H3,(H,22,25)/t17-/m0/s1. The van der Waals surface area contributed by atoms with Crippen molar-refractivity contribution >= 4 is 33.1 Å². The maximum atomic E-state index is 12.6. The van der Waals surface area contributed by atoms with Gasteiger partial charge in [-0.05, 0) is 50.6 Å². The topological polar surface area (TPSA) is 54.5 Å². The lowest BCUT2D eigenvalue weighted by Gasteiger charge is -2.22. The average molecular weight is 382 g/mol. The van der Waals surface area contributed by atoms with Gasteiger partial charge in [-0.3, -0.25) is 9.69 Å². The van der Waals surface area contributed by atoms with E-state index in [1.54, 1.807) is 11.3 Å². The van der Waals surface area contributed by atoms with Crippen molar-refractivity contribution in [3.63, 3.8) is 0 Å². The van der Waals surface area contributed by atoms with Crippen molar-refractivity contribution in [1.82, 2.24) is 9.88 Å². The highest BCUT2D eigenvalue weighted by molar-refractivity contribution is 7.18. The Morgan fingerprint density at radius 2 is 2.07 bits per heavy atom. The number of aromatic nitrogens is 1. The number of ether oxygens (including phenoxy) is 1. The zero-order chi connectivity index (χ0) is 18.6. The number of nitrogens with one attached hydrogen (secondary N) is 1. The Bertz CT molecular complexity index is 907. The second kappa shape index (κ2) is 8.06. The zero-order valence-electron chi connectivity index (χ0n) is 15.4. The van der Waals surface area contributed by atoms with Crippen LogP contribution >= 0.6 is 11.3 Å². The van der Waals surface area contributed by atoms with E-state index in [-0.39, 0.29) is 11.9 Å². The molecule has 6 heteroatoms. The molecule has 0 saturated carbocycles. The monoisotopic (exact) mass is 381 g/mol. The number of rotatable bonds is 6. The molecule has 1 fully saturated rings. The lowest BCUT2D eigenvalue weighted by molar-refractivity contribution is -0.117. The molecule has 1 aromatic heterocycles. The van der Waals surface area contributed by atoms with E-state index in [0.717, 1.165) is 35.6 Å². The molecule has 2 aromatic carbocycles. The molecule has 5 nitrogen and oxygen atoms in total. The first kappa shape index (κ1) is 17.9. The van der Waals surface area contributed by atoms with Crippen LogP contribution in [0.3, 0.4) is 0 Å². The molecule has 0 bridgehead atoms. The first-order valence-electron chi connectivity index (χ1n) is 9.36. The molecule has 0 aliphatic carbocycles. The van der Waals surface area contributed by atoms with Crippen LogP contribution in [0.5, 0.6) is 5.75 Å². The Morgan fingerprint density at radius 3 is 2.93 bits per heavy atom. The van der Waals surface area contributed by atoms with E-state index in [4.69, 9.17) is 9.72 Å². The first-order valence-corrected chi connectivity index (χ1v) is 10.2. The molecule has 1 atom stereocenters.